The number of ether oxygens (including phenoxy) is 1. The van der Waals surface area contributed by atoms with Crippen LogP contribution in [-0.4, -0.2) is 53.2 Å². The SMILES string of the molecule is Cc1ccc2nc(C)c(C(=O)Nc3ccc4c(ccn4CCN4CCOCC4)c3)cc2c1. The summed E-state index contributed by atoms with van der Waals surface area (Å²) in [6, 6.07) is 16.2. The van der Waals surface area contributed by atoms with Crippen LogP contribution in [-0.2, 0) is 11.3 Å². The maximum Gasteiger partial charge on any atom is 0.257 e. The molecule has 2 aromatic carbocycles. The summed E-state index contributed by atoms with van der Waals surface area (Å²) < 4.78 is 7.70. The first-order valence-electron chi connectivity index (χ1n) is 11.2. The van der Waals surface area contributed by atoms with E-state index in [0.717, 1.165) is 72.6 Å². The van der Waals surface area contributed by atoms with E-state index in [2.05, 4.69) is 44.2 Å². The number of fused-ring (bicyclic) bond motifs is 2. The second kappa shape index (κ2) is 8.73. The van der Waals surface area contributed by atoms with Crippen LogP contribution >= 0.6 is 0 Å². The normalized spacial score (nSPS) is 14.8. The molecule has 4 aromatic rings. The number of carbonyl (C=O) groups excluding carboxylic acids is 1. The van der Waals surface area contributed by atoms with Crippen LogP contribution < -0.4 is 5.32 Å². The third-order valence-electron chi connectivity index (χ3n) is 6.20. The zero-order valence-corrected chi connectivity index (χ0v) is 18.6. The van der Waals surface area contributed by atoms with Gasteiger partial charge in [0.2, 0.25) is 0 Å². The van der Waals surface area contributed by atoms with Crippen LogP contribution in [0.3, 0.4) is 0 Å². The van der Waals surface area contributed by atoms with Crippen molar-refractivity contribution in [1.82, 2.24) is 14.5 Å². The predicted octanol–water partition coefficient (Wildman–Crippen LogP) is 4.39. The standard InChI is InChI=1S/C26H28N4O2/c1-18-3-5-24-21(15-18)17-23(19(2)27-24)26(31)28-22-4-6-25-20(16-22)7-8-30(25)10-9-29-11-13-32-14-12-29/h3-8,15-17H,9-14H2,1-2H3,(H,28,31). The number of anilines is 1. The van der Waals surface area contributed by atoms with Gasteiger partial charge in [0.1, 0.15) is 0 Å². The molecule has 0 aliphatic carbocycles. The summed E-state index contributed by atoms with van der Waals surface area (Å²) in [6.45, 7) is 9.52. The Morgan fingerprint density at radius 3 is 2.69 bits per heavy atom. The monoisotopic (exact) mass is 428 g/mol. The number of hydrogen-bond acceptors (Lipinski definition) is 4. The number of benzene rings is 2. The Morgan fingerprint density at radius 1 is 1.00 bits per heavy atom. The van der Waals surface area contributed by atoms with E-state index in [9.17, 15) is 4.79 Å². The average molecular weight is 429 g/mol. The Morgan fingerprint density at radius 2 is 1.84 bits per heavy atom. The van der Waals surface area contributed by atoms with Crippen molar-refractivity contribution >= 4 is 33.4 Å². The van der Waals surface area contributed by atoms with Gasteiger partial charge in [0.15, 0.2) is 0 Å². The van der Waals surface area contributed by atoms with Gasteiger partial charge in [-0.25, -0.2) is 0 Å². The summed E-state index contributed by atoms with van der Waals surface area (Å²) in [5.74, 6) is -0.135. The van der Waals surface area contributed by atoms with Crippen molar-refractivity contribution in [2.45, 2.75) is 20.4 Å². The van der Waals surface area contributed by atoms with E-state index < -0.39 is 0 Å². The molecule has 1 aliphatic rings. The van der Waals surface area contributed by atoms with Crippen LogP contribution in [0.4, 0.5) is 5.69 Å². The van der Waals surface area contributed by atoms with Crippen LogP contribution in [0.15, 0.2) is 54.7 Å². The number of amides is 1. The summed E-state index contributed by atoms with van der Waals surface area (Å²) in [4.78, 5) is 20.1. The smallest absolute Gasteiger partial charge is 0.257 e. The maximum absolute atomic E-state index is 13.0. The van der Waals surface area contributed by atoms with Crippen LogP contribution in [0.1, 0.15) is 21.6 Å². The molecule has 1 aliphatic heterocycles. The number of morpholine rings is 1. The molecule has 1 amide bonds. The molecule has 0 radical (unpaired) electrons. The first-order chi connectivity index (χ1) is 15.6. The Bertz CT molecular complexity index is 1290. The lowest BCUT2D eigenvalue weighted by Crippen LogP contribution is -2.38. The van der Waals surface area contributed by atoms with Crippen molar-refractivity contribution in [2.24, 2.45) is 0 Å². The van der Waals surface area contributed by atoms with Gasteiger partial charge in [0.25, 0.3) is 5.91 Å². The van der Waals surface area contributed by atoms with Gasteiger partial charge in [-0.05, 0) is 56.3 Å². The molecule has 0 atom stereocenters. The molecule has 0 bridgehead atoms. The highest BCUT2D eigenvalue weighted by atomic mass is 16.5. The second-order valence-corrected chi connectivity index (χ2v) is 8.51. The molecule has 1 saturated heterocycles. The van der Waals surface area contributed by atoms with Crippen LogP contribution in [0.2, 0.25) is 0 Å². The highest BCUT2D eigenvalue weighted by Gasteiger charge is 2.14. The number of pyridine rings is 1. The number of hydrogen-bond donors (Lipinski definition) is 1. The van der Waals surface area contributed by atoms with Gasteiger partial charge < -0.3 is 14.6 Å². The number of nitrogens with one attached hydrogen (secondary N) is 1. The molecule has 3 heterocycles. The number of aryl methyl sites for hydroxylation is 2. The van der Waals surface area contributed by atoms with Crippen LogP contribution in [0, 0.1) is 13.8 Å². The molecular weight excluding hydrogens is 400 g/mol. The fourth-order valence-electron chi connectivity index (χ4n) is 4.37. The zero-order chi connectivity index (χ0) is 22.1. The van der Waals surface area contributed by atoms with Crippen LogP contribution in [0.5, 0.6) is 0 Å². The lowest BCUT2D eigenvalue weighted by atomic mass is 10.1. The van der Waals surface area contributed by atoms with Crippen molar-refractivity contribution in [2.75, 3.05) is 38.2 Å². The van der Waals surface area contributed by atoms with Gasteiger partial charge >= 0.3 is 0 Å². The minimum Gasteiger partial charge on any atom is -0.379 e. The molecule has 164 valence electrons. The molecule has 0 unspecified atom stereocenters. The van der Waals surface area contributed by atoms with Crippen molar-refractivity contribution < 1.29 is 9.53 Å². The largest absolute Gasteiger partial charge is 0.379 e. The van der Waals surface area contributed by atoms with E-state index in [-0.39, 0.29) is 5.91 Å². The number of nitrogens with zero attached hydrogens (tertiary/aromatic N) is 3. The predicted molar refractivity (Wildman–Crippen MR) is 128 cm³/mol. The van der Waals surface area contributed by atoms with Gasteiger partial charge in [0, 0.05) is 54.4 Å². The Hall–Kier alpha value is -3.22. The summed E-state index contributed by atoms with van der Waals surface area (Å²) in [5.41, 5.74) is 5.36. The van der Waals surface area contributed by atoms with E-state index in [0.29, 0.717) is 5.56 Å². The quantitative estimate of drug-likeness (QED) is 0.512. The molecule has 5 rings (SSSR count). The highest BCUT2D eigenvalue weighted by Crippen LogP contribution is 2.23. The Labute approximate surface area is 187 Å². The zero-order valence-electron chi connectivity index (χ0n) is 18.6. The van der Waals surface area contributed by atoms with Gasteiger partial charge in [0.05, 0.1) is 30.0 Å². The lowest BCUT2D eigenvalue weighted by molar-refractivity contribution is 0.0365. The Kier molecular flexibility index (Phi) is 5.64. The van der Waals surface area contributed by atoms with Gasteiger partial charge in [-0.2, -0.15) is 0 Å². The maximum atomic E-state index is 13.0. The molecule has 0 saturated carbocycles. The molecule has 6 heteroatoms. The van der Waals surface area contributed by atoms with Crippen molar-refractivity contribution in [3.05, 3.63) is 71.5 Å². The molecule has 0 spiro atoms. The third-order valence-corrected chi connectivity index (χ3v) is 6.20. The number of rotatable bonds is 5. The molecule has 32 heavy (non-hydrogen) atoms. The lowest BCUT2D eigenvalue weighted by Gasteiger charge is -2.26. The van der Waals surface area contributed by atoms with E-state index in [4.69, 9.17) is 4.74 Å². The van der Waals surface area contributed by atoms with Gasteiger partial charge in [-0.3, -0.25) is 14.7 Å². The summed E-state index contributed by atoms with van der Waals surface area (Å²) >= 11 is 0. The highest BCUT2D eigenvalue weighted by molar-refractivity contribution is 6.07. The number of aromatic nitrogens is 2. The molecule has 1 N–H and O–H groups in total. The van der Waals surface area contributed by atoms with E-state index in [1.807, 2.05) is 44.2 Å². The third kappa shape index (κ3) is 4.24. The minimum absolute atomic E-state index is 0.135. The molecule has 2 aromatic heterocycles. The second-order valence-electron chi connectivity index (χ2n) is 8.51. The number of carbonyl (C=O) groups is 1. The van der Waals surface area contributed by atoms with Crippen molar-refractivity contribution in [3.8, 4) is 0 Å². The van der Waals surface area contributed by atoms with Crippen molar-refractivity contribution in [1.29, 1.82) is 0 Å². The minimum atomic E-state index is -0.135. The van der Waals surface area contributed by atoms with E-state index >= 15 is 0 Å². The average Bonchev–Trinajstić information content (AvgIpc) is 3.20. The van der Waals surface area contributed by atoms with Crippen LogP contribution in [0.25, 0.3) is 21.8 Å². The fourth-order valence-corrected chi connectivity index (χ4v) is 4.37. The first kappa shape index (κ1) is 20.7. The van der Waals surface area contributed by atoms with Crippen molar-refractivity contribution in [3.63, 3.8) is 0 Å². The van der Waals surface area contributed by atoms with E-state index in [1.165, 1.54) is 5.52 Å². The van der Waals surface area contributed by atoms with Gasteiger partial charge in [-0.15, -0.1) is 0 Å². The Balaban J connectivity index is 1.32. The topological polar surface area (TPSA) is 59.4 Å². The fraction of sp³-hybridized carbons (Fsp3) is 0.308. The van der Waals surface area contributed by atoms with E-state index in [1.54, 1.807) is 0 Å². The first-order valence-corrected chi connectivity index (χ1v) is 11.2. The summed E-state index contributed by atoms with van der Waals surface area (Å²) in [7, 11) is 0. The molecular formula is C26H28N4O2. The summed E-state index contributed by atoms with van der Waals surface area (Å²) in [6.07, 6.45) is 2.12. The van der Waals surface area contributed by atoms with Gasteiger partial charge in [-0.1, -0.05) is 11.6 Å². The molecule has 1 fully saturated rings. The summed E-state index contributed by atoms with van der Waals surface area (Å²) in [5, 5.41) is 5.15. The molecule has 6 nitrogen and oxygen atoms in total.